The number of carbonyl (C=O) groups excluding carboxylic acids is 2. The minimum Gasteiger partial charge on any atom is -0.480 e. The van der Waals surface area contributed by atoms with Crippen molar-refractivity contribution < 1.29 is 19.5 Å². The number of hydrogen-bond acceptors (Lipinski definition) is 4. The molecule has 2 N–H and O–H groups in total. The number of carboxylic acids is 1. The largest absolute Gasteiger partial charge is 0.480 e. The molecule has 0 fully saturated rings. The van der Waals surface area contributed by atoms with E-state index in [9.17, 15) is 14.4 Å². The number of aliphatic carboxylic acids is 1. The molecule has 0 saturated carbocycles. The number of Topliss-reactive ketones (excluding diaryl/α,β-unsaturated/α-hetero) is 1. The molecule has 1 rings (SSSR count). The molecule has 1 aromatic carbocycles. The average Bonchev–Trinajstić information content (AvgIpc) is 2.45. The van der Waals surface area contributed by atoms with Gasteiger partial charge in [0.15, 0.2) is 5.78 Å². The van der Waals surface area contributed by atoms with Gasteiger partial charge in [0.05, 0.1) is 18.3 Å². The van der Waals surface area contributed by atoms with Gasteiger partial charge in [-0.05, 0) is 38.9 Å². The Labute approximate surface area is 142 Å². The zero-order chi connectivity index (χ0) is 16.7. The second-order valence-corrected chi connectivity index (χ2v) is 5.13. The second-order valence-electron chi connectivity index (χ2n) is 5.13. The highest BCUT2D eigenvalue weighted by atomic mass is 35.5. The number of hydrogen-bond donors (Lipinski definition) is 2. The molecule has 6 nitrogen and oxygen atoms in total. The van der Waals surface area contributed by atoms with E-state index in [2.05, 4.69) is 5.32 Å². The molecule has 0 aliphatic heterocycles. The zero-order valence-corrected chi connectivity index (χ0v) is 14.4. The molecule has 1 unspecified atom stereocenters. The third-order valence-corrected chi connectivity index (χ3v) is 3.34. The fraction of sp³-hybridized carbons (Fsp3) is 0.438. The first-order valence-electron chi connectivity index (χ1n) is 7.23. The Morgan fingerprint density at radius 2 is 1.87 bits per heavy atom. The van der Waals surface area contributed by atoms with Gasteiger partial charge in [0, 0.05) is 5.56 Å². The van der Waals surface area contributed by atoms with E-state index >= 15 is 0 Å². The molecular formula is C16H23ClN2O4. The summed E-state index contributed by atoms with van der Waals surface area (Å²) >= 11 is 0. The van der Waals surface area contributed by atoms with E-state index in [0.717, 1.165) is 6.42 Å². The predicted octanol–water partition coefficient (Wildman–Crippen LogP) is 2.43. The van der Waals surface area contributed by atoms with Crippen LogP contribution in [0.1, 0.15) is 37.6 Å². The molecule has 1 atom stereocenters. The highest BCUT2D eigenvalue weighted by Gasteiger charge is 2.23. The lowest BCUT2D eigenvalue weighted by molar-refractivity contribution is -0.139. The number of nitrogens with one attached hydrogen (secondary N) is 1. The first kappa shape index (κ1) is 21.1. The highest BCUT2D eigenvalue weighted by Crippen LogP contribution is 2.16. The molecule has 0 saturated heterocycles. The summed E-state index contributed by atoms with van der Waals surface area (Å²) in [5.74, 6) is -1.44. The first-order chi connectivity index (χ1) is 10.4. The van der Waals surface area contributed by atoms with Crippen LogP contribution in [0.25, 0.3) is 0 Å². The smallest absolute Gasteiger partial charge is 0.317 e. The average molecular weight is 343 g/mol. The second kappa shape index (κ2) is 9.97. The highest BCUT2D eigenvalue weighted by molar-refractivity contribution is 6.04. The van der Waals surface area contributed by atoms with Crippen LogP contribution in [0.2, 0.25) is 0 Å². The minimum absolute atomic E-state index is 0. The van der Waals surface area contributed by atoms with Crippen molar-refractivity contribution in [1.82, 2.24) is 4.90 Å². The summed E-state index contributed by atoms with van der Waals surface area (Å²) in [4.78, 5) is 36.4. The van der Waals surface area contributed by atoms with Gasteiger partial charge in [-0.25, -0.2) is 0 Å². The van der Waals surface area contributed by atoms with Gasteiger partial charge in [-0.3, -0.25) is 19.3 Å². The van der Waals surface area contributed by atoms with Gasteiger partial charge in [0.25, 0.3) is 0 Å². The number of rotatable bonds is 8. The Hall–Kier alpha value is -1.92. The van der Waals surface area contributed by atoms with Crippen molar-refractivity contribution in [1.29, 1.82) is 0 Å². The lowest BCUT2D eigenvalue weighted by Gasteiger charge is -2.26. The minimum atomic E-state index is -0.975. The van der Waals surface area contributed by atoms with Gasteiger partial charge in [-0.2, -0.15) is 0 Å². The molecule has 0 heterocycles. The maximum atomic E-state index is 12.3. The summed E-state index contributed by atoms with van der Waals surface area (Å²) in [6.07, 6.45) is 0.745. The summed E-state index contributed by atoms with van der Waals surface area (Å²) in [5, 5.41) is 11.6. The molecule has 0 bridgehead atoms. The summed E-state index contributed by atoms with van der Waals surface area (Å²) in [5.41, 5.74) is 0.877. The molecule has 23 heavy (non-hydrogen) atoms. The molecule has 1 amide bonds. The molecule has 7 heteroatoms. The molecule has 1 aromatic rings. The predicted molar refractivity (Wildman–Crippen MR) is 91.3 cm³/mol. The number of halogens is 1. The lowest BCUT2D eigenvalue weighted by atomic mass is 10.1. The summed E-state index contributed by atoms with van der Waals surface area (Å²) in [7, 11) is 0. The Morgan fingerprint density at radius 3 is 2.39 bits per heavy atom. The monoisotopic (exact) mass is 342 g/mol. The Kier molecular flexibility index (Phi) is 9.14. The van der Waals surface area contributed by atoms with Crippen LogP contribution in [0.3, 0.4) is 0 Å². The van der Waals surface area contributed by atoms with Crippen LogP contribution in [0.5, 0.6) is 0 Å². The van der Waals surface area contributed by atoms with Crippen molar-refractivity contribution >= 4 is 35.8 Å². The number of anilines is 1. The molecule has 128 valence electrons. The van der Waals surface area contributed by atoms with Crippen LogP contribution < -0.4 is 5.32 Å². The number of amides is 1. The van der Waals surface area contributed by atoms with E-state index in [1.54, 1.807) is 36.1 Å². The SMILES string of the molecule is CCCN(CC(=O)O)C(C)C(=O)Nc1ccccc1C(C)=O.Cl. The summed E-state index contributed by atoms with van der Waals surface area (Å²) in [6.45, 7) is 5.32. The van der Waals surface area contributed by atoms with Crippen LogP contribution in [0.15, 0.2) is 24.3 Å². The van der Waals surface area contributed by atoms with Crippen molar-refractivity contribution in [3.8, 4) is 0 Å². The van der Waals surface area contributed by atoms with E-state index in [4.69, 9.17) is 5.11 Å². The third kappa shape index (κ3) is 6.38. The van der Waals surface area contributed by atoms with Gasteiger partial charge >= 0.3 is 5.97 Å². The quantitative estimate of drug-likeness (QED) is 0.708. The van der Waals surface area contributed by atoms with Crippen molar-refractivity contribution in [2.24, 2.45) is 0 Å². The number of para-hydroxylation sites is 1. The van der Waals surface area contributed by atoms with Gasteiger partial charge in [-0.15, -0.1) is 12.4 Å². The van der Waals surface area contributed by atoms with E-state index in [1.807, 2.05) is 6.92 Å². The fourth-order valence-corrected chi connectivity index (χ4v) is 2.17. The normalized spacial score (nSPS) is 11.5. The van der Waals surface area contributed by atoms with E-state index < -0.39 is 12.0 Å². The standard InChI is InChI=1S/C16H22N2O4.ClH/c1-4-9-18(10-15(20)21)11(2)16(22)17-14-8-6-5-7-13(14)12(3)19;/h5-8,11H,4,9-10H2,1-3H3,(H,17,22)(H,20,21);1H. The summed E-state index contributed by atoms with van der Waals surface area (Å²) < 4.78 is 0. The van der Waals surface area contributed by atoms with Crippen LogP contribution in [0, 0.1) is 0 Å². The van der Waals surface area contributed by atoms with Crippen molar-refractivity contribution in [3.63, 3.8) is 0 Å². The van der Waals surface area contributed by atoms with Crippen molar-refractivity contribution in [2.75, 3.05) is 18.4 Å². The van der Waals surface area contributed by atoms with Gasteiger partial charge < -0.3 is 10.4 Å². The van der Waals surface area contributed by atoms with Crippen LogP contribution in [-0.4, -0.2) is 46.8 Å². The third-order valence-electron chi connectivity index (χ3n) is 3.34. The topological polar surface area (TPSA) is 86.7 Å². The molecule has 0 aromatic heterocycles. The van der Waals surface area contributed by atoms with Gasteiger partial charge in [0.2, 0.25) is 5.91 Å². The number of carbonyl (C=O) groups is 3. The van der Waals surface area contributed by atoms with Crippen LogP contribution in [0.4, 0.5) is 5.69 Å². The van der Waals surface area contributed by atoms with Crippen LogP contribution in [-0.2, 0) is 9.59 Å². The Balaban J connectivity index is 0.00000484. The molecule has 0 aliphatic carbocycles. The number of carboxylic acid groups (broad SMARTS) is 1. The van der Waals surface area contributed by atoms with Gasteiger partial charge in [0.1, 0.15) is 0 Å². The van der Waals surface area contributed by atoms with Crippen LogP contribution >= 0.6 is 12.4 Å². The summed E-state index contributed by atoms with van der Waals surface area (Å²) in [6, 6.07) is 6.15. The fourth-order valence-electron chi connectivity index (χ4n) is 2.17. The molecule has 0 radical (unpaired) electrons. The molecule has 0 spiro atoms. The Bertz CT molecular complexity index is 563. The number of ketones is 1. The number of nitrogens with zero attached hydrogens (tertiary/aromatic N) is 1. The van der Waals surface area contributed by atoms with E-state index in [0.29, 0.717) is 17.8 Å². The van der Waals surface area contributed by atoms with Crippen molar-refractivity contribution in [2.45, 2.75) is 33.2 Å². The lowest BCUT2D eigenvalue weighted by Crippen LogP contribution is -2.45. The number of benzene rings is 1. The zero-order valence-electron chi connectivity index (χ0n) is 13.5. The maximum absolute atomic E-state index is 12.3. The molecular weight excluding hydrogens is 320 g/mol. The van der Waals surface area contributed by atoms with E-state index in [1.165, 1.54) is 6.92 Å². The van der Waals surface area contributed by atoms with Crippen molar-refractivity contribution in [3.05, 3.63) is 29.8 Å². The molecule has 0 aliphatic rings. The van der Waals surface area contributed by atoms with E-state index in [-0.39, 0.29) is 30.6 Å². The first-order valence-corrected chi connectivity index (χ1v) is 7.23. The maximum Gasteiger partial charge on any atom is 0.317 e. The van der Waals surface area contributed by atoms with Gasteiger partial charge in [-0.1, -0.05) is 19.1 Å². The Morgan fingerprint density at radius 1 is 1.26 bits per heavy atom.